The van der Waals surface area contributed by atoms with Crippen molar-refractivity contribution in [3.8, 4) is 0 Å². The fraction of sp³-hybridized carbons (Fsp3) is 0.625. The van der Waals surface area contributed by atoms with Crippen LogP contribution in [0.15, 0.2) is 23.1 Å². The zero-order valence-electron chi connectivity index (χ0n) is 13.3. The van der Waals surface area contributed by atoms with E-state index in [-0.39, 0.29) is 10.6 Å². The van der Waals surface area contributed by atoms with E-state index in [4.69, 9.17) is 0 Å². The van der Waals surface area contributed by atoms with Crippen molar-refractivity contribution in [1.82, 2.24) is 0 Å². The van der Waals surface area contributed by atoms with Gasteiger partial charge in [0, 0.05) is 25.4 Å². The van der Waals surface area contributed by atoms with Crippen LogP contribution in [0, 0.1) is 22.0 Å². The Morgan fingerprint density at radius 3 is 2.52 bits per heavy atom. The first kappa shape index (κ1) is 16.2. The smallest absolute Gasteiger partial charge is 0.293 e. The molecule has 0 unspecified atom stereocenters. The maximum Gasteiger partial charge on any atom is 0.293 e. The van der Waals surface area contributed by atoms with E-state index in [0.717, 1.165) is 31.7 Å². The molecule has 0 radical (unpaired) electrons. The van der Waals surface area contributed by atoms with Crippen molar-refractivity contribution in [1.29, 1.82) is 0 Å². The van der Waals surface area contributed by atoms with Gasteiger partial charge >= 0.3 is 0 Å². The molecule has 1 aromatic rings. The van der Waals surface area contributed by atoms with E-state index in [1.807, 2.05) is 0 Å². The fourth-order valence-corrected chi connectivity index (χ4v) is 4.61. The Balaban J connectivity index is 1.91. The number of piperidine rings is 1. The molecule has 1 aromatic carbocycles. The first-order valence-electron chi connectivity index (χ1n) is 8.09. The van der Waals surface area contributed by atoms with Gasteiger partial charge in [0.1, 0.15) is 5.69 Å². The Labute approximate surface area is 136 Å². The minimum Gasteiger partial charge on any atom is -0.366 e. The van der Waals surface area contributed by atoms with E-state index in [0.29, 0.717) is 11.6 Å². The summed E-state index contributed by atoms with van der Waals surface area (Å²) in [4.78, 5) is 13.0. The van der Waals surface area contributed by atoms with E-state index in [9.17, 15) is 18.5 Å². The minimum atomic E-state index is -3.45. The van der Waals surface area contributed by atoms with Crippen LogP contribution in [0.5, 0.6) is 0 Å². The maximum atomic E-state index is 11.6. The number of benzene rings is 1. The van der Waals surface area contributed by atoms with Crippen LogP contribution in [0.2, 0.25) is 0 Å². The molecule has 7 heteroatoms. The molecule has 1 heterocycles. The van der Waals surface area contributed by atoms with E-state index >= 15 is 0 Å². The predicted molar refractivity (Wildman–Crippen MR) is 88.5 cm³/mol. The summed E-state index contributed by atoms with van der Waals surface area (Å²) in [6.45, 7) is 1.64. The molecule has 1 saturated heterocycles. The average molecular weight is 338 g/mol. The maximum absolute atomic E-state index is 11.6. The lowest BCUT2D eigenvalue weighted by Gasteiger charge is -2.42. The molecule has 126 valence electrons. The predicted octanol–water partition coefficient (Wildman–Crippen LogP) is 3.01. The SMILES string of the molecule is CS(=O)(=O)c1ccc(N2CC[C@@H]3CCCC[C@H]3C2)c([N+](=O)[O-])c1. The van der Waals surface area contributed by atoms with Crippen molar-refractivity contribution in [2.75, 3.05) is 24.2 Å². The second-order valence-corrected chi connectivity index (χ2v) is 8.73. The quantitative estimate of drug-likeness (QED) is 0.625. The number of hydrogen-bond donors (Lipinski definition) is 0. The fourth-order valence-electron chi connectivity index (χ4n) is 3.97. The number of hydrogen-bond acceptors (Lipinski definition) is 5. The molecule has 0 spiro atoms. The van der Waals surface area contributed by atoms with Crippen LogP contribution in [0.25, 0.3) is 0 Å². The van der Waals surface area contributed by atoms with Crippen LogP contribution in [0.4, 0.5) is 11.4 Å². The van der Waals surface area contributed by atoms with Crippen molar-refractivity contribution in [3.63, 3.8) is 0 Å². The normalized spacial score (nSPS) is 25.0. The van der Waals surface area contributed by atoms with Gasteiger partial charge in [-0.1, -0.05) is 19.3 Å². The zero-order chi connectivity index (χ0) is 16.6. The molecule has 0 amide bonds. The van der Waals surface area contributed by atoms with Gasteiger partial charge in [0.25, 0.3) is 5.69 Å². The van der Waals surface area contributed by atoms with Crippen LogP contribution in [-0.2, 0) is 9.84 Å². The Morgan fingerprint density at radius 2 is 1.87 bits per heavy atom. The number of sulfone groups is 1. The lowest BCUT2D eigenvalue weighted by molar-refractivity contribution is -0.384. The first-order chi connectivity index (χ1) is 10.9. The Bertz CT molecular complexity index is 717. The third-order valence-electron chi connectivity index (χ3n) is 5.20. The number of nitrogens with zero attached hydrogens (tertiary/aromatic N) is 2. The van der Waals surface area contributed by atoms with Crippen LogP contribution in [-0.4, -0.2) is 32.7 Å². The van der Waals surface area contributed by atoms with Crippen molar-refractivity contribution >= 4 is 21.2 Å². The van der Waals surface area contributed by atoms with Gasteiger partial charge in [-0.25, -0.2) is 8.42 Å². The molecule has 6 nitrogen and oxygen atoms in total. The van der Waals surface area contributed by atoms with Crippen molar-refractivity contribution in [3.05, 3.63) is 28.3 Å². The van der Waals surface area contributed by atoms with Gasteiger partial charge in [0.15, 0.2) is 9.84 Å². The molecule has 3 rings (SSSR count). The summed E-state index contributed by atoms with van der Waals surface area (Å²) >= 11 is 0. The van der Waals surface area contributed by atoms with Gasteiger partial charge in [0.2, 0.25) is 0 Å². The van der Waals surface area contributed by atoms with E-state index < -0.39 is 14.8 Å². The number of nitro groups is 1. The highest BCUT2D eigenvalue weighted by Gasteiger charge is 2.33. The topological polar surface area (TPSA) is 80.5 Å². The highest BCUT2D eigenvalue weighted by atomic mass is 32.2. The third-order valence-corrected chi connectivity index (χ3v) is 6.31. The number of fused-ring (bicyclic) bond motifs is 1. The minimum absolute atomic E-state index is 0.000465. The van der Waals surface area contributed by atoms with Gasteiger partial charge in [0.05, 0.1) is 9.82 Å². The third kappa shape index (κ3) is 3.34. The second kappa shape index (κ2) is 6.11. The van der Waals surface area contributed by atoms with Crippen LogP contribution < -0.4 is 4.90 Å². The summed E-state index contributed by atoms with van der Waals surface area (Å²) in [5.41, 5.74) is 0.439. The largest absolute Gasteiger partial charge is 0.366 e. The Hall–Kier alpha value is -1.63. The molecule has 0 N–H and O–H groups in total. The standard InChI is InChI=1S/C16H22N2O4S/c1-23(21,22)14-6-7-15(16(10-14)18(19)20)17-9-8-12-4-2-3-5-13(12)11-17/h6-7,10,12-13H,2-5,8-9,11H2,1H3/t12-,13-/m0/s1. The van der Waals surface area contributed by atoms with Gasteiger partial charge in [-0.2, -0.15) is 0 Å². The summed E-state index contributed by atoms with van der Waals surface area (Å²) < 4.78 is 23.3. The van der Waals surface area contributed by atoms with Crippen LogP contribution >= 0.6 is 0 Å². The van der Waals surface area contributed by atoms with Gasteiger partial charge in [-0.05, 0) is 36.8 Å². The van der Waals surface area contributed by atoms with Crippen LogP contribution in [0.1, 0.15) is 32.1 Å². The number of rotatable bonds is 3. The lowest BCUT2D eigenvalue weighted by atomic mass is 9.75. The molecule has 0 bridgehead atoms. The zero-order valence-corrected chi connectivity index (χ0v) is 14.1. The van der Waals surface area contributed by atoms with Gasteiger partial charge in [-0.3, -0.25) is 10.1 Å². The van der Waals surface area contributed by atoms with Gasteiger partial charge in [-0.15, -0.1) is 0 Å². The van der Waals surface area contributed by atoms with E-state index in [1.54, 1.807) is 6.07 Å². The van der Waals surface area contributed by atoms with Crippen molar-refractivity contribution in [2.24, 2.45) is 11.8 Å². The molecule has 2 fully saturated rings. The molecule has 2 aliphatic rings. The molecule has 1 saturated carbocycles. The summed E-state index contributed by atoms with van der Waals surface area (Å²) in [5.74, 6) is 1.35. The molecular formula is C16H22N2O4S. The Morgan fingerprint density at radius 1 is 1.17 bits per heavy atom. The highest BCUT2D eigenvalue weighted by Crippen LogP contribution is 2.40. The van der Waals surface area contributed by atoms with Gasteiger partial charge < -0.3 is 4.90 Å². The summed E-state index contributed by atoms with van der Waals surface area (Å²) in [6.07, 6.45) is 7.13. The molecule has 0 aromatic heterocycles. The second-order valence-electron chi connectivity index (χ2n) is 6.72. The molecule has 1 aliphatic heterocycles. The highest BCUT2D eigenvalue weighted by molar-refractivity contribution is 7.90. The molecule has 23 heavy (non-hydrogen) atoms. The molecular weight excluding hydrogens is 316 g/mol. The first-order valence-corrected chi connectivity index (χ1v) is 9.99. The summed E-state index contributed by atoms with van der Waals surface area (Å²) in [7, 11) is -3.45. The summed E-state index contributed by atoms with van der Waals surface area (Å²) in [6, 6.07) is 4.26. The monoisotopic (exact) mass is 338 g/mol. The van der Waals surface area contributed by atoms with Crippen LogP contribution in [0.3, 0.4) is 0 Å². The van der Waals surface area contributed by atoms with E-state index in [1.165, 1.54) is 37.8 Å². The summed E-state index contributed by atoms with van der Waals surface area (Å²) in [5, 5.41) is 11.4. The van der Waals surface area contributed by atoms with Crippen molar-refractivity contribution < 1.29 is 13.3 Å². The molecule has 2 atom stereocenters. The lowest BCUT2D eigenvalue weighted by Crippen LogP contribution is -2.42. The number of anilines is 1. The van der Waals surface area contributed by atoms with Crippen molar-refractivity contribution in [2.45, 2.75) is 37.0 Å². The molecule has 1 aliphatic carbocycles. The number of nitro benzene ring substituents is 1. The van der Waals surface area contributed by atoms with E-state index in [2.05, 4.69) is 4.90 Å². The average Bonchev–Trinajstić information content (AvgIpc) is 2.53. The Kier molecular flexibility index (Phi) is 4.31.